The summed E-state index contributed by atoms with van der Waals surface area (Å²) in [6, 6.07) is 0. The van der Waals surface area contributed by atoms with Crippen LogP contribution in [0.1, 0.15) is 27.7 Å². The lowest BCUT2D eigenvalue weighted by Gasteiger charge is -2.24. The summed E-state index contributed by atoms with van der Waals surface area (Å²) < 4.78 is 23.2. The van der Waals surface area contributed by atoms with Gasteiger partial charge in [-0.15, -0.1) is 11.8 Å². The van der Waals surface area contributed by atoms with Crippen molar-refractivity contribution < 1.29 is 18.9 Å². The molecule has 0 saturated heterocycles. The SMILES string of the molecule is CC(S)COCC(COCC(C)S)SC(COCC(C)S)COCC(C)S. The Morgan fingerprint density at radius 3 is 0.889 bits per heavy atom. The van der Waals surface area contributed by atoms with E-state index in [2.05, 4.69) is 50.5 Å². The molecular formula is C18H38O4S5. The van der Waals surface area contributed by atoms with Gasteiger partial charge in [0.15, 0.2) is 0 Å². The van der Waals surface area contributed by atoms with E-state index in [1.54, 1.807) is 11.8 Å². The Morgan fingerprint density at radius 2 is 0.704 bits per heavy atom. The molecule has 0 aliphatic carbocycles. The first-order chi connectivity index (χ1) is 12.7. The van der Waals surface area contributed by atoms with Crippen LogP contribution in [-0.4, -0.2) is 84.4 Å². The fourth-order valence-corrected chi connectivity index (χ4v) is 3.67. The molecule has 0 aromatic rings. The van der Waals surface area contributed by atoms with Crippen LogP contribution in [0.15, 0.2) is 0 Å². The summed E-state index contributed by atoms with van der Waals surface area (Å²) in [6.45, 7) is 13.0. The van der Waals surface area contributed by atoms with Gasteiger partial charge in [0.1, 0.15) is 0 Å². The number of ether oxygens (including phenoxy) is 4. The van der Waals surface area contributed by atoms with Crippen molar-refractivity contribution in [1.29, 1.82) is 0 Å². The highest BCUT2D eigenvalue weighted by Crippen LogP contribution is 2.21. The highest BCUT2D eigenvalue weighted by molar-refractivity contribution is 8.00. The average molecular weight is 479 g/mol. The fourth-order valence-electron chi connectivity index (χ4n) is 2.01. The molecule has 0 rings (SSSR count). The Balaban J connectivity index is 4.61. The number of rotatable bonds is 18. The number of thioether (sulfide) groups is 1. The molecule has 0 aromatic heterocycles. The maximum Gasteiger partial charge on any atom is 0.0608 e. The van der Waals surface area contributed by atoms with Crippen molar-refractivity contribution in [2.24, 2.45) is 0 Å². The van der Waals surface area contributed by atoms with Crippen LogP contribution in [0.4, 0.5) is 0 Å². The third-order valence-electron chi connectivity index (χ3n) is 3.04. The Labute approximate surface area is 192 Å². The summed E-state index contributed by atoms with van der Waals surface area (Å²) >= 11 is 19.3. The lowest BCUT2D eigenvalue weighted by Crippen LogP contribution is -2.29. The Bertz CT molecular complexity index is 275. The molecule has 4 unspecified atom stereocenters. The maximum atomic E-state index is 5.80. The monoisotopic (exact) mass is 478 g/mol. The molecule has 9 heteroatoms. The van der Waals surface area contributed by atoms with E-state index < -0.39 is 0 Å². The zero-order valence-corrected chi connectivity index (χ0v) is 21.3. The van der Waals surface area contributed by atoms with E-state index >= 15 is 0 Å². The molecule has 0 fully saturated rings. The molecule has 164 valence electrons. The Hall–Kier alpha value is 1.59. The van der Waals surface area contributed by atoms with Gasteiger partial charge in [-0.05, 0) is 0 Å². The van der Waals surface area contributed by atoms with Gasteiger partial charge in [0.25, 0.3) is 0 Å². The third kappa shape index (κ3) is 20.6. The normalized spacial score (nSPS) is 18.7. The smallest absolute Gasteiger partial charge is 0.0608 e. The van der Waals surface area contributed by atoms with Crippen molar-refractivity contribution in [2.45, 2.75) is 59.2 Å². The topological polar surface area (TPSA) is 36.9 Å². The van der Waals surface area contributed by atoms with Crippen LogP contribution in [0.5, 0.6) is 0 Å². The highest BCUT2D eigenvalue weighted by atomic mass is 32.2. The number of hydrogen-bond donors (Lipinski definition) is 4. The summed E-state index contributed by atoms with van der Waals surface area (Å²) in [5.74, 6) is 0. The molecule has 0 aliphatic heterocycles. The van der Waals surface area contributed by atoms with Crippen LogP contribution >= 0.6 is 62.3 Å². The molecule has 0 heterocycles. The van der Waals surface area contributed by atoms with Gasteiger partial charge in [-0.1, -0.05) is 27.7 Å². The summed E-state index contributed by atoms with van der Waals surface area (Å²) in [6.07, 6.45) is 0. The van der Waals surface area contributed by atoms with E-state index in [4.69, 9.17) is 18.9 Å². The van der Waals surface area contributed by atoms with Crippen molar-refractivity contribution in [3.05, 3.63) is 0 Å². The lowest BCUT2D eigenvalue weighted by atomic mass is 10.4. The van der Waals surface area contributed by atoms with Gasteiger partial charge in [0.2, 0.25) is 0 Å². The van der Waals surface area contributed by atoms with Gasteiger partial charge in [-0.3, -0.25) is 0 Å². The van der Waals surface area contributed by atoms with Crippen LogP contribution in [-0.2, 0) is 18.9 Å². The van der Waals surface area contributed by atoms with Crippen LogP contribution in [0, 0.1) is 0 Å². The average Bonchev–Trinajstić information content (AvgIpc) is 2.52. The van der Waals surface area contributed by atoms with Crippen molar-refractivity contribution in [1.82, 2.24) is 0 Å². The highest BCUT2D eigenvalue weighted by Gasteiger charge is 2.20. The van der Waals surface area contributed by atoms with Gasteiger partial charge >= 0.3 is 0 Å². The van der Waals surface area contributed by atoms with Crippen LogP contribution < -0.4 is 0 Å². The van der Waals surface area contributed by atoms with Gasteiger partial charge in [0.05, 0.1) is 63.4 Å². The minimum atomic E-state index is 0.197. The maximum absolute atomic E-state index is 5.80. The van der Waals surface area contributed by atoms with E-state index in [9.17, 15) is 0 Å². The molecule has 0 spiro atoms. The van der Waals surface area contributed by atoms with Crippen LogP contribution in [0.3, 0.4) is 0 Å². The van der Waals surface area contributed by atoms with Gasteiger partial charge in [0, 0.05) is 21.0 Å². The van der Waals surface area contributed by atoms with Gasteiger partial charge < -0.3 is 18.9 Å². The third-order valence-corrected chi connectivity index (χ3v) is 4.95. The summed E-state index contributed by atoms with van der Waals surface area (Å²) in [5, 5.41) is 1.25. The first-order valence-corrected chi connectivity index (χ1v) is 12.4. The van der Waals surface area contributed by atoms with Crippen molar-refractivity contribution in [2.75, 3.05) is 52.9 Å². The second kappa shape index (κ2) is 18.4. The van der Waals surface area contributed by atoms with E-state index in [-0.39, 0.29) is 31.5 Å². The summed E-state index contributed by atoms with van der Waals surface area (Å²) in [7, 11) is 0. The largest absolute Gasteiger partial charge is 0.379 e. The lowest BCUT2D eigenvalue weighted by molar-refractivity contribution is 0.0838. The first kappa shape index (κ1) is 28.6. The molecule has 0 radical (unpaired) electrons. The van der Waals surface area contributed by atoms with E-state index in [0.29, 0.717) is 52.9 Å². The van der Waals surface area contributed by atoms with Gasteiger partial charge in [-0.25, -0.2) is 0 Å². The fraction of sp³-hybridized carbons (Fsp3) is 1.00. The first-order valence-electron chi connectivity index (χ1n) is 9.39. The molecule has 0 bridgehead atoms. The van der Waals surface area contributed by atoms with E-state index in [0.717, 1.165) is 0 Å². The standard InChI is InChI=1S/C18H38O4S5/c1-13(23)5-19-9-17(10-20-6-14(2)24)27-18(11-21-7-15(3)25)12-22-8-16(4)26/h13-18,23-26H,5-12H2,1-4H3. The molecule has 0 amide bonds. The van der Waals surface area contributed by atoms with E-state index in [1.807, 2.05) is 27.7 Å². The second-order valence-electron chi connectivity index (χ2n) is 6.93. The molecule has 0 saturated carbocycles. The Kier molecular flexibility index (Phi) is 19.4. The molecule has 0 aromatic carbocycles. The molecular weight excluding hydrogens is 441 g/mol. The van der Waals surface area contributed by atoms with Crippen molar-refractivity contribution in [3.8, 4) is 0 Å². The molecule has 4 atom stereocenters. The summed E-state index contributed by atoms with van der Waals surface area (Å²) in [5.41, 5.74) is 0. The van der Waals surface area contributed by atoms with Crippen LogP contribution in [0.2, 0.25) is 0 Å². The number of thiol groups is 4. The van der Waals surface area contributed by atoms with Gasteiger partial charge in [-0.2, -0.15) is 50.5 Å². The minimum absolute atomic E-state index is 0.197. The minimum Gasteiger partial charge on any atom is -0.379 e. The molecule has 4 nitrogen and oxygen atoms in total. The predicted molar refractivity (Wildman–Crippen MR) is 132 cm³/mol. The number of hydrogen-bond acceptors (Lipinski definition) is 9. The molecule has 0 aliphatic rings. The summed E-state index contributed by atoms with van der Waals surface area (Å²) in [4.78, 5) is 0. The molecule has 0 N–H and O–H groups in total. The Morgan fingerprint density at radius 1 is 0.481 bits per heavy atom. The molecule has 27 heavy (non-hydrogen) atoms. The van der Waals surface area contributed by atoms with Crippen molar-refractivity contribution in [3.63, 3.8) is 0 Å². The zero-order chi connectivity index (χ0) is 20.7. The second-order valence-corrected chi connectivity index (χ2v) is 12.1. The van der Waals surface area contributed by atoms with Crippen LogP contribution in [0.25, 0.3) is 0 Å². The quantitative estimate of drug-likeness (QED) is 0.226. The van der Waals surface area contributed by atoms with Crippen molar-refractivity contribution >= 4 is 62.3 Å². The predicted octanol–water partition coefficient (Wildman–Crippen LogP) is 3.80. The van der Waals surface area contributed by atoms with E-state index in [1.165, 1.54) is 0 Å². The zero-order valence-electron chi connectivity index (χ0n) is 17.0.